The van der Waals surface area contributed by atoms with Crippen LogP contribution in [-0.2, 0) is 0 Å². The molecule has 0 bridgehead atoms. The highest BCUT2D eigenvalue weighted by Gasteiger charge is 2.15. The molecule has 104 valence electrons. The maximum absolute atomic E-state index is 12.7. The van der Waals surface area contributed by atoms with Gasteiger partial charge < -0.3 is 4.74 Å². The lowest BCUT2D eigenvalue weighted by Crippen LogP contribution is -2.04. The lowest BCUT2D eigenvalue weighted by molar-refractivity contribution is 0.103. The highest BCUT2D eigenvalue weighted by atomic mass is 16.5. The summed E-state index contributed by atoms with van der Waals surface area (Å²) in [6, 6.07) is 15.0. The maximum Gasteiger partial charge on any atom is 0.196 e. The Morgan fingerprint density at radius 3 is 2.76 bits per heavy atom. The van der Waals surface area contributed by atoms with Crippen LogP contribution in [0.2, 0.25) is 0 Å². The van der Waals surface area contributed by atoms with Gasteiger partial charge in [0.15, 0.2) is 5.78 Å². The SMILES string of the molecule is COc1cc(C)ccc1C(=O)c1ccc2cccnc2c1. The number of carbonyl (C=O) groups is 1. The molecule has 0 N–H and O–H groups in total. The third-order valence-electron chi connectivity index (χ3n) is 3.47. The third-order valence-corrected chi connectivity index (χ3v) is 3.47. The summed E-state index contributed by atoms with van der Waals surface area (Å²) in [4.78, 5) is 17.0. The lowest BCUT2D eigenvalue weighted by atomic mass is 10.00. The number of ether oxygens (including phenoxy) is 1. The Hall–Kier alpha value is -2.68. The summed E-state index contributed by atoms with van der Waals surface area (Å²) in [5.74, 6) is 0.542. The summed E-state index contributed by atoms with van der Waals surface area (Å²) in [5.41, 5.74) is 3.06. The van der Waals surface area contributed by atoms with Crippen LogP contribution < -0.4 is 4.74 Å². The van der Waals surface area contributed by atoms with Gasteiger partial charge in [0, 0.05) is 17.1 Å². The van der Waals surface area contributed by atoms with E-state index in [1.807, 2.05) is 49.4 Å². The predicted molar refractivity (Wildman–Crippen MR) is 82.9 cm³/mol. The van der Waals surface area contributed by atoms with Crippen LogP contribution in [0.1, 0.15) is 21.5 Å². The van der Waals surface area contributed by atoms with Crippen molar-refractivity contribution < 1.29 is 9.53 Å². The summed E-state index contributed by atoms with van der Waals surface area (Å²) in [7, 11) is 1.58. The molecule has 0 saturated carbocycles. The molecule has 0 aliphatic heterocycles. The second-order valence-corrected chi connectivity index (χ2v) is 4.94. The van der Waals surface area contributed by atoms with Crippen molar-refractivity contribution in [2.24, 2.45) is 0 Å². The molecule has 0 unspecified atom stereocenters. The van der Waals surface area contributed by atoms with Crippen LogP contribution in [-0.4, -0.2) is 17.9 Å². The number of aryl methyl sites for hydroxylation is 1. The van der Waals surface area contributed by atoms with E-state index in [-0.39, 0.29) is 5.78 Å². The number of ketones is 1. The molecule has 3 rings (SSSR count). The smallest absolute Gasteiger partial charge is 0.196 e. The number of rotatable bonds is 3. The minimum atomic E-state index is -0.0561. The van der Waals surface area contributed by atoms with Gasteiger partial charge in [-0.15, -0.1) is 0 Å². The highest BCUT2D eigenvalue weighted by molar-refractivity contribution is 6.12. The zero-order chi connectivity index (χ0) is 14.8. The summed E-state index contributed by atoms with van der Waals surface area (Å²) in [6.07, 6.45) is 1.73. The first kappa shape index (κ1) is 13.3. The van der Waals surface area contributed by atoms with E-state index in [0.29, 0.717) is 16.9 Å². The van der Waals surface area contributed by atoms with Crippen molar-refractivity contribution in [2.45, 2.75) is 6.92 Å². The second kappa shape index (κ2) is 5.37. The second-order valence-electron chi connectivity index (χ2n) is 4.94. The Morgan fingerprint density at radius 1 is 1.10 bits per heavy atom. The van der Waals surface area contributed by atoms with Crippen LogP contribution >= 0.6 is 0 Å². The third kappa shape index (κ3) is 2.50. The average Bonchev–Trinajstić information content (AvgIpc) is 2.53. The summed E-state index contributed by atoms with van der Waals surface area (Å²) in [6.45, 7) is 1.97. The molecule has 3 nitrogen and oxygen atoms in total. The van der Waals surface area contributed by atoms with E-state index < -0.39 is 0 Å². The molecule has 0 spiro atoms. The van der Waals surface area contributed by atoms with Crippen LogP contribution in [0.5, 0.6) is 5.75 Å². The van der Waals surface area contributed by atoms with Crippen molar-refractivity contribution in [3.05, 3.63) is 71.4 Å². The molecule has 2 aromatic carbocycles. The van der Waals surface area contributed by atoms with E-state index in [4.69, 9.17) is 4.74 Å². The highest BCUT2D eigenvalue weighted by Crippen LogP contribution is 2.24. The number of carbonyl (C=O) groups excluding carboxylic acids is 1. The normalized spacial score (nSPS) is 10.6. The van der Waals surface area contributed by atoms with E-state index in [2.05, 4.69) is 4.98 Å². The van der Waals surface area contributed by atoms with E-state index in [0.717, 1.165) is 16.5 Å². The topological polar surface area (TPSA) is 39.2 Å². The standard InChI is InChI=1S/C18H15NO2/c1-12-5-8-15(17(10-12)21-2)18(20)14-7-6-13-4-3-9-19-16(13)11-14/h3-11H,1-2H3. The molecule has 0 saturated heterocycles. The number of methoxy groups -OCH3 is 1. The molecule has 1 aromatic heterocycles. The number of aromatic nitrogens is 1. The lowest BCUT2D eigenvalue weighted by Gasteiger charge is -2.09. The number of hydrogen-bond donors (Lipinski definition) is 0. The first-order valence-electron chi connectivity index (χ1n) is 6.73. The van der Waals surface area contributed by atoms with Crippen molar-refractivity contribution in [3.63, 3.8) is 0 Å². The largest absolute Gasteiger partial charge is 0.496 e. The van der Waals surface area contributed by atoms with Gasteiger partial charge in [-0.05, 0) is 36.8 Å². The zero-order valence-corrected chi connectivity index (χ0v) is 12.0. The molecule has 0 aliphatic rings. The minimum absolute atomic E-state index is 0.0561. The Labute approximate surface area is 123 Å². The van der Waals surface area contributed by atoms with Crippen LogP contribution in [0.25, 0.3) is 10.9 Å². The molecule has 21 heavy (non-hydrogen) atoms. The quantitative estimate of drug-likeness (QED) is 0.684. The minimum Gasteiger partial charge on any atom is -0.496 e. The fraction of sp³-hybridized carbons (Fsp3) is 0.111. The van der Waals surface area contributed by atoms with E-state index >= 15 is 0 Å². The summed E-state index contributed by atoms with van der Waals surface area (Å²) in [5, 5.41) is 1.02. The summed E-state index contributed by atoms with van der Waals surface area (Å²) < 4.78 is 5.32. The van der Waals surface area contributed by atoms with Gasteiger partial charge in [0.05, 0.1) is 18.2 Å². The van der Waals surface area contributed by atoms with Crippen LogP contribution in [0.3, 0.4) is 0 Å². The van der Waals surface area contributed by atoms with Crippen molar-refractivity contribution in [1.29, 1.82) is 0 Å². The molecule has 0 aliphatic carbocycles. The van der Waals surface area contributed by atoms with Gasteiger partial charge in [-0.25, -0.2) is 0 Å². The van der Waals surface area contributed by atoms with Gasteiger partial charge in [-0.3, -0.25) is 9.78 Å². The van der Waals surface area contributed by atoms with E-state index in [1.165, 1.54) is 0 Å². The number of benzene rings is 2. The first-order chi connectivity index (χ1) is 10.2. The predicted octanol–water partition coefficient (Wildman–Crippen LogP) is 3.78. The zero-order valence-electron chi connectivity index (χ0n) is 12.0. The van der Waals surface area contributed by atoms with Crippen molar-refractivity contribution in [1.82, 2.24) is 4.98 Å². The van der Waals surface area contributed by atoms with Gasteiger partial charge in [0.25, 0.3) is 0 Å². The molecule has 0 amide bonds. The van der Waals surface area contributed by atoms with Gasteiger partial charge >= 0.3 is 0 Å². The molecular weight excluding hydrogens is 262 g/mol. The van der Waals surface area contributed by atoms with E-state index in [9.17, 15) is 4.79 Å². The van der Waals surface area contributed by atoms with Crippen molar-refractivity contribution >= 4 is 16.7 Å². The average molecular weight is 277 g/mol. The molecule has 0 radical (unpaired) electrons. The Kier molecular flexibility index (Phi) is 3.40. The Morgan fingerprint density at radius 2 is 1.95 bits per heavy atom. The fourth-order valence-electron chi connectivity index (χ4n) is 2.35. The Balaban J connectivity index is 2.08. The summed E-state index contributed by atoms with van der Waals surface area (Å²) >= 11 is 0. The van der Waals surface area contributed by atoms with Crippen LogP contribution in [0.4, 0.5) is 0 Å². The van der Waals surface area contributed by atoms with Gasteiger partial charge in [0.2, 0.25) is 0 Å². The van der Waals surface area contributed by atoms with Gasteiger partial charge in [-0.2, -0.15) is 0 Å². The van der Waals surface area contributed by atoms with Crippen molar-refractivity contribution in [2.75, 3.05) is 7.11 Å². The Bertz CT molecular complexity index is 824. The number of fused-ring (bicyclic) bond motifs is 1. The molecule has 3 aromatic rings. The van der Waals surface area contributed by atoms with Crippen LogP contribution in [0.15, 0.2) is 54.7 Å². The first-order valence-corrected chi connectivity index (χ1v) is 6.73. The van der Waals surface area contributed by atoms with Gasteiger partial charge in [0.1, 0.15) is 5.75 Å². The van der Waals surface area contributed by atoms with Crippen molar-refractivity contribution in [3.8, 4) is 5.75 Å². The number of nitrogens with zero attached hydrogens (tertiary/aromatic N) is 1. The number of pyridine rings is 1. The fourth-order valence-corrected chi connectivity index (χ4v) is 2.35. The maximum atomic E-state index is 12.7. The van der Waals surface area contributed by atoms with Crippen LogP contribution in [0, 0.1) is 6.92 Å². The van der Waals surface area contributed by atoms with E-state index in [1.54, 1.807) is 19.4 Å². The molecule has 3 heteroatoms. The molecule has 1 heterocycles. The molecule has 0 atom stereocenters. The molecular formula is C18H15NO2. The monoisotopic (exact) mass is 277 g/mol. The van der Waals surface area contributed by atoms with Gasteiger partial charge in [-0.1, -0.05) is 24.3 Å². The number of hydrogen-bond acceptors (Lipinski definition) is 3. The molecule has 0 fully saturated rings.